The van der Waals surface area contributed by atoms with Gasteiger partial charge in [-0.25, -0.2) is 14.3 Å². The van der Waals surface area contributed by atoms with Gasteiger partial charge in [-0.1, -0.05) is 20.8 Å². The fraction of sp³-hybridized carbons (Fsp3) is 0.500. The number of H-pyrrole nitrogens is 1. The van der Waals surface area contributed by atoms with Crippen LogP contribution in [-0.2, 0) is 0 Å². The number of aromatic nitrogens is 5. The van der Waals surface area contributed by atoms with E-state index < -0.39 is 0 Å². The lowest BCUT2D eigenvalue weighted by atomic mass is 9.90. The maximum atomic E-state index is 13.1. The largest absolute Gasteiger partial charge is 0.493 e. The second-order valence-electron chi connectivity index (χ2n) is 9.70. The molecule has 0 spiro atoms. The van der Waals surface area contributed by atoms with E-state index in [2.05, 4.69) is 53.3 Å². The van der Waals surface area contributed by atoms with Crippen LogP contribution in [0.1, 0.15) is 70.4 Å². The highest BCUT2D eigenvalue weighted by Crippen LogP contribution is 2.37. The van der Waals surface area contributed by atoms with Crippen LogP contribution in [0, 0.1) is 0 Å². The third kappa shape index (κ3) is 4.00. The van der Waals surface area contributed by atoms with Crippen molar-refractivity contribution in [1.29, 1.82) is 0 Å². The van der Waals surface area contributed by atoms with Gasteiger partial charge >= 0.3 is 5.69 Å². The minimum absolute atomic E-state index is 0.0175. The predicted octanol–water partition coefficient (Wildman–Crippen LogP) is 4.65. The van der Waals surface area contributed by atoms with E-state index in [1.165, 1.54) is 11.9 Å². The van der Waals surface area contributed by atoms with Gasteiger partial charge in [0.15, 0.2) is 11.4 Å². The molecule has 0 amide bonds. The summed E-state index contributed by atoms with van der Waals surface area (Å²) in [4.78, 5) is 20.5. The number of hydrogen-bond acceptors (Lipinski definition) is 5. The maximum absolute atomic E-state index is 13.1. The van der Waals surface area contributed by atoms with Crippen molar-refractivity contribution >= 4 is 16.7 Å². The molecule has 8 nitrogen and oxygen atoms in total. The van der Waals surface area contributed by atoms with Crippen molar-refractivity contribution in [2.24, 2.45) is 0 Å². The highest BCUT2D eigenvalue weighted by atomic mass is 16.5. The van der Waals surface area contributed by atoms with Crippen LogP contribution >= 0.6 is 0 Å². The zero-order valence-electron chi connectivity index (χ0n) is 20.5. The number of rotatable bonds is 7. The van der Waals surface area contributed by atoms with Crippen LogP contribution in [0.15, 0.2) is 35.5 Å². The molecule has 1 saturated carbocycles. The SMILES string of the molecule is CCCN[C@H]1CC[C@@H](n2c(=O)[nH]c3cc(-c4cc(OC)c5ncnn5c4)c(C(C)C)cc32)CC1. The Morgan fingerprint density at radius 1 is 1.21 bits per heavy atom. The Balaban J connectivity index is 1.57. The molecule has 3 aromatic heterocycles. The number of hydrogen-bond donors (Lipinski definition) is 2. The fourth-order valence-electron chi connectivity index (χ4n) is 5.36. The molecule has 34 heavy (non-hydrogen) atoms. The van der Waals surface area contributed by atoms with Gasteiger partial charge in [0.05, 0.1) is 18.1 Å². The van der Waals surface area contributed by atoms with Gasteiger partial charge in [-0.15, -0.1) is 0 Å². The molecule has 1 aromatic carbocycles. The third-order valence-corrected chi connectivity index (χ3v) is 7.13. The molecule has 4 aromatic rings. The zero-order chi connectivity index (χ0) is 23.8. The Kier molecular flexibility index (Phi) is 6.16. The van der Waals surface area contributed by atoms with Gasteiger partial charge in [-0.05, 0) is 73.9 Å². The molecular weight excluding hydrogens is 428 g/mol. The van der Waals surface area contributed by atoms with E-state index in [-0.39, 0.29) is 17.6 Å². The molecule has 0 atom stereocenters. The van der Waals surface area contributed by atoms with E-state index in [1.807, 2.05) is 16.8 Å². The van der Waals surface area contributed by atoms with E-state index in [9.17, 15) is 4.79 Å². The molecule has 0 radical (unpaired) electrons. The zero-order valence-corrected chi connectivity index (χ0v) is 20.5. The van der Waals surface area contributed by atoms with E-state index in [0.717, 1.165) is 60.8 Å². The number of aromatic amines is 1. The number of methoxy groups -OCH3 is 1. The Morgan fingerprint density at radius 2 is 2.00 bits per heavy atom. The van der Waals surface area contributed by atoms with E-state index >= 15 is 0 Å². The van der Waals surface area contributed by atoms with Gasteiger partial charge in [-0.2, -0.15) is 5.10 Å². The highest BCUT2D eigenvalue weighted by Gasteiger charge is 2.25. The monoisotopic (exact) mass is 462 g/mol. The smallest absolute Gasteiger partial charge is 0.326 e. The highest BCUT2D eigenvalue weighted by molar-refractivity contribution is 5.85. The van der Waals surface area contributed by atoms with Crippen molar-refractivity contribution in [2.75, 3.05) is 13.7 Å². The lowest BCUT2D eigenvalue weighted by Gasteiger charge is -2.30. The first-order valence-corrected chi connectivity index (χ1v) is 12.4. The lowest BCUT2D eigenvalue weighted by Crippen LogP contribution is -2.35. The number of nitrogens with zero attached hydrogens (tertiary/aromatic N) is 4. The van der Waals surface area contributed by atoms with Crippen molar-refractivity contribution in [3.05, 3.63) is 46.8 Å². The van der Waals surface area contributed by atoms with E-state index in [0.29, 0.717) is 17.4 Å². The number of imidazole rings is 1. The summed E-state index contributed by atoms with van der Waals surface area (Å²) in [5.41, 5.74) is 5.78. The molecule has 0 bridgehead atoms. The summed E-state index contributed by atoms with van der Waals surface area (Å²) in [6.45, 7) is 7.64. The summed E-state index contributed by atoms with van der Waals surface area (Å²) >= 11 is 0. The summed E-state index contributed by atoms with van der Waals surface area (Å²) in [6, 6.07) is 7.10. The summed E-state index contributed by atoms with van der Waals surface area (Å²) in [6.07, 6.45) is 8.90. The summed E-state index contributed by atoms with van der Waals surface area (Å²) in [5.74, 6) is 0.952. The average Bonchev–Trinajstić information content (AvgIpc) is 3.44. The Labute approximate surface area is 199 Å². The molecule has 0 aliphatic heterocycles. The van der Waals surface area contributed by atoms with E-state index in [4.69, 9.17) is 4.74 Å². The number of pyridine rings is 1. The molecule has 8 heteroatoms. The number of fused-ring (bicyclic) bond motifs is 2. The minimum atomic E-state index is -0.0175. The van der Waals surface area contributed by atoms with Crippen molar-refractivity contribution < 1.29 is 4.74 Å². The van der Waals surface area contributed by atoms with Gasteiger partial charge in [0, 0.05) is 23.8 Å². The first-order valence-electron chi connectivity index (χ1n) is 12.4. The second-order valence-corrected chi connectivity index (χ2v) is 9.70. The molecule has 1 aliphatic carbocycles. The molecular formula is C26H34N6O2. The molecule has 0 unspecified atom stereocenters. The van der Waals surface area contributed by atoms with Crippen LogP contribution in [0.25, 0.3) is 27.8 Å². The molecule has 5 rings (SSSR count). The summed E-state index contributed by atoms with van der Waals surface area (Å²) in [7, 11) is 1.64. The predicted molar refractivity (Wildman–Crippen MR) is 135 cm³/mol. The number of ether oxygens (including phenoxy) is 1. The minimum Gasteiger partial charge on any atom is -0.493 e. The topological polar surface area (TPSA) is 89.2 Å². The standard InChI is InChI=1S/C26H34N6O2/c1-5-10-27-18-6-8-19(9-7-18)32-23-13-20(16(2)3)21(12-22(23)30-26(32)33)17-11-24(34-4)25-28-15-29-31(25)14-17/h11-16,18-19,27H,5-10H2,1-4H3,(H,30,33)/t18-,19+. The van der Waals surface area contributed by atoms with Crippen molar-refractivity contribution in [3.8, 4) is 16.9 Å². The molecule has 1 aliphatic rings. The Morgan fingerprint density at radius 3 is 2.71 bits per heavy atom. The Bertz CT molecular complexity index is 1360. The average molecular weight is 463 g/mol. The normalized spacial score (nSPS) is 18.9. The summed E-state index contributed by atoms with van der Waals surface area (Å²) in [5, 5.41) is 7.95. The van der Waals surface area contributed by atoms with Crippen LogP contribution in [0.5, 0.6) is 5.75 Å². The first-order chi connectivity index (χ1) is 16.5. The van der Waals surface area contributed by atoms with E-state index in [1.54, 1.807) is 11.6 Å². The van der Waals surface area contributed by atoms with Gasteiger partial charge in [0.25, 0.3) is 0 Å². The van der Waals surface area contributed by atoms with Gasteiger partial charge in [0.2, 0.25) is 0 Å². The quantitative estimate of drug-likeness (QED) is 0.417. The first kappa shape index (κ1) is 22.7. The van der Waals surface area contributed by atoms with Crippen LogP contribution in [0.4, 0.5) is 0 Å². The lowest BCUT2D eigenvalue weighted by molar-refractivity contribution is 0.292. The van der Waals surface area contributed by atoms with Crippen LogP contribution in [0.3, 0.4) is 0 Å². The van der Waals surface area contributed by atoms with Crippen LogP contribution in [-0.4, -0.2) is 43.8 Å². The van der Waals surface area contributed by atoms with Crippen molar-refractivity contribution in [2.45, 2.75) is 70.9 Å². The number of benzene rings is 1. The number of nitrogens with one attached hydrogen (secondary N) is 2. The molecule has 3 heterocycles. The fourth-order valence-corrected chi connectivity index (χ4v) is 5.36. The second kappa shape index (κ2) is 9.25. The maximum Gasteiger partial charge on any atom is 0.326 e. The van der Waals surface area contributed by atoms with Crippen molar-refractivity contribution in [3.63, 3.8) is 0 Å². The van der Waals surface area contributed by atoms with Gasteiger partial charge < -0.3 is 15.0 Å². The van der Waals surface area contributed by atoms with Crippen LogP contribution in [0.2, 0.25) is 0 Å². The molecule has 180 valence electrons. The third-order valence-electron chi connectivity index (χ3n) is 7.13. The van der Waals surface area contributed by atoms with Gasteiger partial charge in [-0.3, -0.25) is 4.57 Å². The molecule has 2 N–H and O–H groups in total. The Hall–Kier alpha value is -3.13. The summed E-state index contributed by atoms with van der Waals surface area (Å²) < 4.78 is 9.32. The van der Waals surface area contributed by atoms with Crippen molar-refractivity contribution in [1.82, 2.24) is 29.5 Å². The van der Waals surface area contributed by atoms with Gasteiger partial charge in [0.1, 0.15) is 6.33 Å². The molecule has 1 fully saturated rings. The molecule has 0 saturated heterocycles. The van der Waals surface area contributed by atoms with Crippen LogP contribution < -0.4 is 15.7 Å².